The second-order valence-corrected chi connectivity index (χ2v) is 5.55. The Kier molecular flexibility index (Phi) is 3.50. The normalized spacial score (nSPS) is 22.3. The molecule has 0 unspecified atom stereocenters. The number of urea groups is 1. The number of β-amino-alcohol motifs (C(OH)–C–C–N with tert-alkyl or cyclic N) is 1. The molecule has 0 aliphatic carbocycles. The summed E-state index contributed by atoms with van der Waals surface area (Å²) in [6, 6.07) is 5.43. The molecule has 1 aromatic rings. The van der Waals surface area contributed by atoms with Gasteiger partial charge in [0, 0.05) is 6.54 Å². The number of phenolic OH excluding ortho intramolecular Hbond substituents is 1. The van der Waals surface area contributed by atoms with Crippen LogP contribution in [0.2, 0.25) is 0 Å². The van der Waals surface area contributed by atoms with Gasteiger partial charge in [0.25, 0.3) is 5.91 Å². The van der Waals surface area contributed by atoms with E-state index in [0.29, 0.717) is 16.8 Å². The third-order valence-electron chi connectivity index (χ3n) is 3.73. The Hall–Kier alpha value is -2.54. The Morgan fingerprint density at radius 3 is 2.64 bits per heavy atom. The number of carbonyl (C=O) groups is 2. The molecule has 2 atom stereocenters. The molecule has 7 heteroatoms. The van der Waals surface area contributed by atoms with Gasteiger partial charge in [0.1, 0.15) is 5.75 Å². The predicted octanol–water partition coefficient (Wildman–Crippen LogP) is 0.223. The van der Waals surface area contributed by atoms with E-state index in [1.807, 2.05) is 0 Å². The summed E-state index contributed by atoms with van der Waals surface area (Å²) >= 11 is 0. The van der Waals surface area contributed by atoms with Crippen LogP contribution in [0.5, 0.6) is 5.75 Å². The standard InChI is InChI=1S/C15H17N3O4/c1-8(19)6-18-7-11-12(14(18)21)13(17-15(22)16-11)9-2-4-10(20)5-3-9/h2-5,8,13,19-20H,6-7H2,1H3,(H2,16,17,22)/t8-,13-/m1/s1. The molecule has 0 bridgehead atoms. The molecule has 0 aromatic heterocycles. The molecule has 0 spiro atoms. The van der Waals surface area contributed by atoms with Gasteiger partial charge in [-0.3, -0.25) is 4.79 Å². The maximum atomic E-state index is 12.5. The molecule has 2 heterocycles. The highest BCUT2D eigenvalue weighted by Gasteiger charge is 2.40. The Bertz CT molecular complexity index is 651. The average molecular weight is 303 g/mol. The van der Waals surface area contributed by atoms with E-state index in [9.17, 15) is 19.8 Å². The molecular formula is C15H17N3O4. The Morgan fingerprint density at radius 2 is 2.00 bits per heavy atom. The van der Waals surface area contributed by atoms with Crippen LogP contribution < -0.4 is 10.6 Å². The first kappa shape index (κ1) is 14.4. The van der Waals surface area contributed by atoms with Crippen LogP contribution in [0.25, 0.3) is 0 Å². The van der Waals surface area contributed by atoms with Gasteiger partial charge in [0.2, 0.25) is 0 Å². The highest BCUT2D eigenvalue weighted by Crippen LogP contribution is 2.32. The van der Waals surface area contributed by atoms with E-state index in [2.05, 4.69) is 10.6 Å². The second kappa shape index (κ2) is 5.34. The van der Waals surface area contributed by atoms with E-state index >= 15 is 0 Å². The van der Waals surface area contributed by atoms with E-state index in [4.69, 9.17) is 0 Å². The Labute approximate surface area is 127 Å². The fourth-order valence-electron chi connectivity index (χ4n) is 2.81. The molecule has 0 fully saturated rings. The molecule has 3 rings (SSSR count). The van der Waals surface area contributed by atoms with Crippen LogP contribution in [0, 0.1) is 0 Å². The molecule has 1 aromatic carbocycles. The number of aliphatic hydroxyl groups excluding tert-OH is 1. The monoisotopic (exact) mass is 303 g/mol. The highest BCUT2D eigenvalue weighted by molar-refractivity contribution is 6.01. The molecule has 4 N–H and O–H groups in total. The van der Waals surface area contributed by atoms with Gasteiger partial charge in [-0.2, -0.15) is 0 Å². The first-order valence-corrected chi connectivity index (χ1v) is 7.02. The number of hydrogen-bond donors (Lipinski definition) is 4. The quantitative estimate of drug-likeness (QED) is 0.641. The van der Waals surface area contributed by atoms with Crippen molar-refractivity contribution in [2.24, 2.45) is 0 Å². The summed E-state index contributed by atoms with van der Waals surface area (Å²) in [7, 11) is 0. The van der Waals surface area contributed by atoms with E-state index in [-0.39, 0.29) is 30.8 Å². The molecule has 2 aliphatic rings. The average Bonchev–Trinajstić information content (AvgIpc) is 2.74. The maximum absolute atomic E-state index is 12.5. The second-order valence-electron chi connectivity index (χ2n) is 5.55. The fourth-order valence-corrected chi connectivity index (χ4v) is 2.81. The number of aromatic hydroxyl groups is 1. The van der Waals surface area contributed by atoms with Gasteiger partial charge in [0.05, 0.1) is 30.0 Å². The van der Waals surface area contributed by atoms with Crippen LogP contribution in [0.15, 0.2) is 35.5 Å². The lowest BCUT2D eigenvalue weighted by molar-refractivity contribution is -0.126. The number of phenols is 1. The molecule has 0 radical (unpaired) electrons. The lowest BCUT2D eigenvalue weighted by atomic mass is 9.96. The lowest BCUT2D eigenvalue weighted by Crippen LogP contribution is -2.44. The topological polar surface area (TPSA) is 102 Å². The zero-order valence-electron chi connectivity index (χ0n) is 12.0. The minimum absolute atomic E-state index is 0.117. The van der Waals surface area contributed by atoms with Gasteiger partial charge < -0.3 is 25.7 Å². The third kappa shape index (κ3) is 2.50. The Balaban J connectivity index is 1.94. The summed E-state index contributed by atoms with van der Waals surface area (Å²) in [5.74, 6) is -0.0897. The number of amides is 3. The number of nitrogens with zero attached hydrogens (tertiary/aromatic N) is 1. The van der Waals surface area contributed by atoms with Crippen LogP contribution in [0.1, 0.15) is 18.5 Å². The summed E-state index contributed by atoms with van der Waals surface area (Å²) in [5.41, 5.74) is 1.76. The largest absolute Gasteiger partial charge is 0.508 e. The smallest absolute Gasteiger partial charge is 0.319 e. The van der Waals surface area contributed by atoms with Gasteiger partial charge in [-0.1, -0.05) is 12.1 Å². The van der Waals surface area contributed by atoms with Crippen molar-refractivity contribution in [3.63, 3.8) is 0 Å². The van der Waals surface area contributed by atoms with Crippen molar-refractivity contribution >= 4 is 11.9 Å². The number of aliphatic hydroxyl groups is 1. The third-order valence-corrected chi connectivity index (χ3v) is 3.73. The molecule has 2 aliphatic heterocycles. The summed E-state index contributed by atoms with van der Waals surface area (Å²) in [6.07, 6.45) is -0.638. The number of nitrogens with one attached hydrogen (secondary N) is 2. The molecule has 116 valence electrons. The van der Waals surface area contributed by atoms with E-state index in [1.165, 1.54) is 17.0 Å². The van der Waals surface area contributed by atoms with Crippen molar-refractivity contribution in [1.29, 1.82) is 0 Å². The van der Waals surface area contributed by atoms with E-state index in [1.54, 1.807) is 19.1 Å². The number of rotatable bonds is 3. The van der Waals surface area contributed by atoms with Crippen LogP contribution in [0.3, 0.4) is 0 Å². The summed E-state index contributed by atoms with van der Waals surface area (Å²) in [4.78, 5) is 25.9. The van der Waals surface area contributed by atoms with Crippen molar-refractivity contribution < 1.29 is 19.8 Å². The van der Waals surface area contributed by atoms with Crippen LogP contribution in [-0.2, 0) is 4.79 Å². The predicted molar refractivity (Wildman–Crippen MR) is 77.8 cm³/mol. The van der Waals surface area contributed by atoms with Gasteiger partial charge >= 0.3 is 6.03 Å². The summed E-state index contributed by atoms with van der Waals surface area (Å²) in [5, 5.41) is 24.2. The first-order chi connectivity index (χ1) is 10.5. The van der Waals surface area contributed by atoms with Crippen molar-refractivity contribution in [2.45, 2.75) is 19.1 Å². The molecule has 0 saturated heterocycles. The summed E-state index contributed by atoms with van der Waals surface area (Å²) in [6.45, 7) is 2.10. The lowest BCUT2D eigenvalue weighted by Gasteiger charge is -2.25. The molecule has 0 saturated carbocycles. The molecule has 3 amide bonds. The van der Waals surface area contributed by atoms with Gasteiger partial charge in [-0.05, 0) is 24.6 Å². The summed E-state index contributed by atoms with van der Waals surface area (Å²) < 4.78 is 0. The van der Waals surface area contributed by atoms with E-state index in [0.717, 1.165) is 0 Å². The van der Waals surface area contributed by atoms with Gasteiger partial charge in [0.15, 0.2) is 0 Å². The molecule has 7 nitrogen and oxygen atoms in total. The minimum Gasteiger partial charge on any atom is -0.508 e. The highest BCUT2D eigenvalue weighted by atomic mass is 16.3. The zero-order valence-corrected chi connectivity index (χ0v) is 12.0. The SMILES string of the molecule is C[C@@H](O)CN1CC2=C(C1=O)[C@@H](c1ccc(O)cc1)NC(=O)N2. The van der Waals surface area contributed by atoms with Gasteiger partial charge in [-0.25, -0.2) is 4.79 Å². The van der Waals surface area contributed by atoms with E-state index < -0.39 is 12.1 Å². The van der Waals surface area contributed by atoms with Gasteiger partial charge in [-0.15, -0.1) is 0 Å². The minimum atomic E-state index is -0.638. The Morgan fingerprint density at radius 1 is 1.32 bits per heavy atom. The zero-order chi connectivity index (χ0) is 15.9. The van der Waals surface area contributed by atoms with Crippen LogP contribution in [0.4, 0.5) is 4.79 Å². The molecular weight excluding hydrogens is 286 g/mol. The van der Waals surface area contributed by atoms with Crippen LogP contribution >= 0.6 is 0 Å². The van der Waals surface area contributed by atoms with Crippen molar-refractivity contribution in [1.82, 2.24) is 15.5 Å². The fraction of sp³-hybridized carbons (Fsp3) is 0.333. The maximum Gasteiger partial charge on any atom is 0.319 e. The van der Waals surface area contributed by atoms with Crippen molar-refractivity contribution in [3.8, 4) is 5.75 Å². The number of benzene rings is 1. The first-order valence-electron chi connectivity index (χ1n) is 7.02. The number of hydrogen-bond acceptors (Lipinski definition) is 4. The van der Waals surface area contributed by atoms with Crippen molar-refractivity contribution in [3.05, 3.63) is 41.1 Å². The molecule has 22 heavy (non-hydrogen) atoms. The van der Waals surface area contributed by atoms with Crippen molar-refractivity contribution in [2.75, 3.05) is 13.1 Å². The number of carbonyl (C=O) groups excluding carboxylic acids is 2. The van der Waals surface area contributed by atoms with Crippen LogP contribution in [-0.4, -0.2) is 46.2 Å².